The molecule has 0 saturated heterocycles. The third-order valence-corrected chi connectivity index (χ3v) is 2.68. The van der Waals surface area contributed by atoms with Crippen LogP contribution in [0, 0.1) is 0 Å². The van der Waals surface area contributed by atoms with Gasteiger partial charge >= 0.3 is 0 Å². The van der Waals surface area contributed by atoms with Gasteiger partial charge in [0.1, 0.15) is 5.75 Å². The third kappa shape index (κ3) is 3.40. The van der Waals surface area contributed by atoms with Crippen LogP contribution >= 0.6 is 11.6 Å². The predicted molar refractivity (Wildman–Crippen MR) is 64.4 cm³/mol. The van der Waals surface area contributed by atoms with Gasteiger partial charge < -0.3 is 10.5 Å². The Morgan fingerprint density at radius 3 is 2.53 bits per heavy atom. The van der Waals surface area contributed by atoms with Crippen molar-refractivity contribution in [3.63, 3.8) is 0 Å². The first-order valence-electron chi connectivity index (χ1n) is 5.26. The second-order valence-electron chi connectivity index (χ2n) is 3.82. The molecule has 3 heteroatoms. The second kappa shape index (κ2) is 5.38. The summed E-state index contributed by atoms with van der Waals surface area (Å²) in [6.45, 7) is 6.03. The zero-order chi connectivity index (χ0) is 11.4. The molecular weight excluding hydrogens is 210 g/mol. The molecule has 0 amide bonds. The summed E-state index contributed by atoms with van der Waals surface area (Å²) in [4.78, 5) is 0. The van der Waals surface area contributed by atoms with E-state index >= 15 is 0 Å². The van der Waals surface area contributed by atoms with Crippen LogP contribution in [0.2, 0.25) is 5.02 Å². The average molecular weight is 228 g/mol. The maximum absolute atomic E-state index is 6.09. The van der Waals surface area contributed by atoms with E-state index in [2.05, 4.69) is 6.92 Å². The van der Waals surface area contributed by atoms with Crippen LogP contribution in [0.25, 0.3) is 0 Å². The Bertz CT molecular complexity index is 325. The van der Waals surface area contributed by atoms with Gasteiger partial charge in [-0.05, 0) is 38.0 Å². The molecule has 0 spiro atoms. The summed E-state index contributed by atoms with van der Waals surface area (Å²) in [6.07, 6.45) is 1.15. The number of nitrogens with two attached hydrogens (primary N) is 1. The minimum atomic E-state index is 0.000138. The number of rotatable bonds is 4. The highest BCUT2D eigenvalue weighted by atomic mass is 35.5. The van der Waals surface area contributed by atoms with Crippen molar-refractivity contribution in [1.82, 2.24) is 0 Å². The second-order valence-corrected chi connectivity index (χ2v) is 4.22. The molecule has 0 aliphatic carbocycles. The van der Waals surface area contributed by atoms with Crippen LogP contribution in [0.1, 0.15) is 38.8 Å². The minimum Gasteiger partial charge on any atom is -0.489 e. The van der Waals surface area contributed by atoms with Gasteiger partial charge in [0.15, 0.2) is 0 Å². The van der Waals surface area contributed by atoms with Gasteiger partial charge in [0, 0.05) is 6.04 Å². The summed E-state index contributed by atoms with van der Waals surface area (Å²) < 4.78 is 5.66. The van der Waals surface area contributed by atoms with Crippen molar-refractivity contribution in [2.24, 2.45) is 5.73 Å². The van der Waals surface area contributed by atoms with Crippen LogP contribution in [0.4, 0.5) is 0 Å². The van der Waals surface area contributed by atoms with Gasteiger partial charge in [-0.1, -0.05) is 24.6 Å². The molecule has 0 heterocycles. The van der Waals surface area contributed by atoms with Gasteiger partial charge in [0.05, 0.1) is 11.1 Å². The molecule has 0 bridgehead atoms. The van der Waals surface area contributed by atoms with E-state index in [9.17, 15) is 0 Å². The molecule has 0 aliphatic rings. The van der Waals surface area contributed by atoms with Crippen LogP contribution in [-0.2, 0) is 0 Å². The van der Waals surface area contributed by atoms with Crippen molar-refractivity contribution >= 4 is 11.6 Å². The van der Waals surface area contributed by atoms with E-state index in [1.165, 1.54) is 0 Å². The lowest BCUT2D eigenvalue weighted by Crippen LogP contribution is -2.10. The summed E-state index contributed by atoms with van der Waals surface area (Å²) in [5, 5.41) is 0.630. The van der Waals surface area contributed by atoms with Crippen molar-refractivity contribution in [2.75, 3.05) is 0 Å². The molecule has 1 rings (SSSR count). The summed E-state index contributed by atoms with van der Waals surface area (Å²) in [5.74, 6) is 0.732. The number of ether oxygens (including phenoxy) is 1. The van der Waals surface area contributed by atoms with Gasteiger partial charge in [-0.25, -0.2) is 0 Å². The Kier molecular flexibility index (Phi) is 4.43. The molecular formula is C12H18ClNO. The molecule has 0 fully saturated rings. The van der Waals surface area contributed by atoms with Crippen LogP contribution in [0.3, 0.4) is 0 Å². The van der Waals surface area contributed by atoms with Crippen molar-refractivity contribution in [1.29, 1.82) is 0 Å². The van der Waals surface area contributed by atoms with E-state index in [-0.39, 0.29) is 12.1 Å². The van der Waals surface area contributed by atoms with Gasteiger partial charge in [0.2, 0.25) is 0 Å². The SMILES string of the molecule is CCC(C)Oc1ccc([C@@H](C)N)cc1Cl. The first kappa shape index (κ1) is 12.3. The lowest BCUT2D eigenvalue weighted by atomic mass is 10.1. The van der Waals surface area contributed by atoms with Gasteiger partial charge in [-0.2, -0.15) is 0 Å². The Balaban J connectivity index is 2.83. The van der Waals surface area contributed by atoms with Crippen molar-refractivity contribution in [3.05, 3.63) is 28.8 Å². The Morgan fingerprint density at radius 2 is 2.07 bits per heavy atom. The summed E-state index contributed by atoms with van der Waals surface area (Å²) in [5.41, 5.74) is 6.79. The van der Waals surface area contributed by atoms with Crippen molar-refractivity contribution in [2.45, 2.75) is 39.3 Å². The first-order chi connectivity index (χ1) is 7.04. The van der Waals surface area contributed by atoms with E-state index in [0.29, 0.717) is 5.02 Å². The quantitative estimate of drug-likeness (QED) is 0.854. The Labute approximate surface area is 96.4 Å². The fraction of sp³-hybridized carbons (Fsp3) is 0.500. The summed E-state index contributed by atoms with van der Waals surface area (Å²) >= 11 is 6.09. The Morgan fingerprint density at radius 1 is 1.40 bits per heavy atom. The van der Waals surface area contributed by atoms with Crippen LogP contribution in [0.5, 0.6) is 5.75 Å². The van der Waals surface area contributed by atoms with Gasteiger partial charge in [-0.3, -0.25) is 0 Å². The predicted octanol–water partition coefficient (Wildman–Crippen LogP) is 3.54. The number of halogens is 1. The van der Waals surface area contributed by atoms with Crippen molar-refractivity contribution < 1.29 is 4.74 Å². The maximum Gasteiger partial charge on any atom is 0.138 e. The van der Waals surface area contributed by atoms with Crippen LogP contribution < -0.4 is 10.5 Å². The molecule has 1 unspecified atom stereocenters. The van der Waals surface area contributed by atoms with E-state index < -0.39 is 0 Å². The zero-order valence-corrected chi connectivity index (χ0v) is 10.2. The fourth-order valence-corrected chi connectivity index (χ4v) is 1.43. The van der Waals surface area contributed by atoms with Crippen molar-refractivity contribution in [3.8, 4) is 5.75 Å². The monoisotopic (exact) mass is 227 g/mol. The number of hydrogen-bond donors (Lipinski definition) is 1. The summed E-state index contributed by atoms with van der Waals surface area (Å²) in [6, 6.07) is 5.70. The molecule has 2 N–H and O–H groups in total. The first-order valence-corrected chi connectivity index (χ1v) is 5.64. The normalized spacial score (nSPS) is 14.7. The molecule has 15 heavy (non-hydrogen) atoms. The molecule has 84 valence electrons. The molecule has 0 radical (unpaired) electrons. The highest BCUT2D eigenvalue weighted by molar-refractivity contribution is 6.32. The average Bonchev–Trinajstić information content (AvgIpc) is 2.20. The summed E-state index contributed by atoms with van der Waals surface area (Å²) in [7, 11) is 0. The molecule has 0 aromatic heterocycles. The van der Waals surface area contributed by atoms with E-state index in [4.69, 9.17) is 22.1 Å². The highest BCUT2D eigenvalue weighted by Crippen LogP contribution is 2.28. The third-order valence-electron chi connectivity index (χ3n) is 2.38. The minimum absolute atomic E-state index is 0.000138. The number of hydrogen-bond acceptors (Lipinski definition) is 2. The zero-order valence-electron chi connectivity index (χ0n) is 9.46. The van der Waals surface area contributed by atoms with Gasteiger partial charge in [0.25, 0.3) is 0 Å². The molecule has 2 atom stereocenters. The van der Waals surface area contributed by atoms with E-state index in [1.807, 2.05) is 32.0 Å². The molecule has 2 nitrogen and oxygen atoms in total. The number of benzene rings is 1. The smallest absolute Gasteiger partial charge is 0.138 e. The largest absolute Gasteiger partial charge is 0.489 e. The van der Waals surface area contributed by atoms with Crippen LogP contribution in [-0.4, -0.2) is 6.10 Å². The molecule has 0 aliphatic heterocycles. The maximum atomic E-state index is 6.09. The molecule has 1 aromatic rings. The van der Waals surface area contributed by atoms with E-state index in [1.54, 1.807) is 0 Å². The van der Waals surface area contributed by atoms with Crippen LogP contribution in [0.15, 0.2) is 18.2 Å². The van der Waals surface area contributed by atoms with Gasteiger partial charge in [-0.15, -0.1) is 0 Å². The lowest BCUT2D eigenvalue weighted by Gasteiger charge is -2.15. The standard InChI is InChI=1S/C12H18ClNO/c1-4-8(2)15-12-6-5-10(9(3)14)7-11(12)13/h5-9H,4,14H2,1-3H3/t8?,9-/m1/s1. The fourth-order valence-electron chi connectivity index (χ4n) is 1.20. The molecule has 1 aromatic carbocycles. The Hall–Kier alpha value is -0.730. The topological polar surface area (TPSA) is 35.2 Å². The lowest BCUT2D eigenvalue weighted by molar-refractivity contribution is 0.217. The van der Waals surface area contributed by atoms with E-state index in [0.717, 1.165) is 17.7 Å². The highest BCUT2D eigenvalue weighted by Gasteiger charge is 2.08. The molecule has 0 saturated carbocycles.